The molecule has 0 aliphatic carbocycles. The molecule has 0 unspecified atom stereocenters. The van der Waals surface area contributed by atoms with Gasteiger partial charge < -0.3 is 9.73 Å². The minimum atomic E-state index is -3.62. The predicted octanol–water partition coefficient (Wildman–Crippen LogP) is 3.98. The molecule has 1 heterocycles. The van der Waals surface area contributed by atoms with Crippen LogP contribution in [0.15, 0.2) is 57.0 Å². The number of nitrogens with one attached hydrogen (secondary N) is 2. The molecule has 0 atom stereocenters. The molecular formula is C22H26N4O4S2. The van der Waals surface area contributed by atoms with E-state index >= 15 is 0 Å². The third kappa shape index (κ3) is 5.76. The second kappa shape index (κ2) is 9.43. The number of carbonyl (C=O) groups excluding carboxylic acids is 1. The number of rotatable bonds is 7. The minimum Gasteiger partial charge on any atom is -0.411 e. The van der Waals surface area contributed by atoms with Crippen molar-refractivity contribution in [3.63, 3.8) is 0 Å². The first kappa shape index (κ1) is 24.0. The molecule has 32 heavy (non-hydrogen) atoms. The van der Waals surface area contributed by atoms with E-state index in [-0.39, 0.29) is 27.2 Å². The molecule has 3 aromatic rings. The second-order valence-corrected chi connectivity index (χ2v) is 11.0. The molecular weight excluding hydrogens is 448 g/mol. The molecule has 10 heteroatoms. The summed E-state index contributed by atoms with van der Waals surface area (Å²) in [5, 5.41) is 11.0. The number of thioether (sulfide) groups is 1. The van der Waals surface area contributed by atoms with E-state index in [2.05, 4.69) is 41.0 Å². The van der Waals surface area contributed by atoms with Crippen molar-refractivity contribution in [1.29, 1.82) is 0 Å². The van der Waals surface area contributed by atoms with E-state index in [9.17, 15) is 13.2 Å². The highest BCUT2D eigenvalue weighted by Crippen LogP contribution is 2.27. The number of hydrogen-bond acceptors (Lipinski definition) is 7. The lowest BCUT2D eigenvalue weighted by Crippen LogP contribution is -2.20. The first-order valence-electron chi connectivity index (χ1n) is 9.91. The van der Waals surface area contributed by atoms with E-state index in [0.29, 0.717) is 17.1 Å². The fourth-order valence-corrected chi connectivity index (χ4v) is 4.46. The summed E-state index contributed by atoms with van der Waals surface area (Å²) in [6.07, 6.45) is 0. The van der Waals surface area contributed by atoms with Crippen LogP contribution in [0.5, 0.6) is 0 Å². The van der Waals surface area contributed by atoms with Gasteiger partial charge in [0.15, 0.2) is 0 Å². The Balaban J connectivity index is 1.62. The summed E-state index contributed by atoms with van der Waals surface area (Å²) in [7, 11) is -2.28. The van der Waals surface area contributed by atoms with Crippen molar-refractivity contribution in [2.75, 3.05) is 18.1 Å². The molecule has 0 fully saturated rings. The fraction of sp³-hybridized carbons (Fsp3) is 0.318. The molecule has 0 aliphatic heterocycles. The number of nitrogens with zero attached hydrogens (tertiary/aromatic N) is 2. The van der Waals surface area contributed by atoms with Gasteiger partial charge in [0.25, 0.3) is 5.22 Å². The summed E-state index contributed by atoms with van der Waals surface area (Å²) in [5.74, 6) is 0.0989. The monoisotopic (exact) mass is 474 g/mol. The van der Waals surface area contributed by atoms with Gasteiger partial charge in [0.05, 0.1) is 10.6 Å². The van der Waals surface area contributed by atoms with E-state index < -0.39 is 10.0 Å². The standard InChI is InChI=1S/C22H26N4O4S2/c1-14-6-11-17(12-18(14)32(28,29)23-5)24-19(27)13-31-21-26-25-20(30-21)15-7-9-16(10-8-15)22(2,3)4/h6-12,23H,13H2,1-5H3,(H,24,27). The maximum absolute atomic E-state index is 12.3. The van der Waals surface area contributed by atoms with Gasteiger partial charge in [-0.25, -0.2) is 13.1 Å². The zero-order valence-electron chi connectivity index (χ0n) is 18.6. The molecule has 1 amide bonds. The van der Waals surface area contributed by atoms with E-state index in [1.54, 1.807) is 19.1 Å². The highest BCUT2D eigenvalue weighted by Gasteiger charge is 2.17. The second-order valence-electron chi connectivity index (χ2n) is 8.23. The predicted molar refractivity (Wildman–Crippen MR) is 125 cm³/mol. The zero-order chi connectivity index (χ0) is 23.5. The van der Waals surface area contributed by atoms with Gasteiger partial charge in [-0.1, -0.05) is 50.7 Å². The van der Waals surface area contributed by atoms with Gasteiger partial charge in [0.2, 0.25) is 21.8 Å². The fourth-order valence-electron chi connectivity index (χ4n) is 2.90. The van der Waals surface area contributed by atoms with Crippen LogP contribution in [-0.4, -0.2) is 37.3 Å². The molecule has 0 saturated heterocycles. The number of sulfonamides is 1. The van der Waals surface area contributed by atoms with E-state index in [4.69, 9.17) is 4.42 Å². The average Bonchev–Trinajstić information content (AvgIpc) is 3.22. The van der Waals surface area contributed by atoms with Crippen LogP contribution in [-0.2, 0) is 20.2 Å². The van der Waals surface area contributed by atoms with Gasteiger partial charge in [-0.2, -0.15) is 0 Å². The summed E-state index contributed by atoms with van der Waals surface area (Å²) in [6, 6.07) is 12.7. The number of benzene rings is 2. The van der Waals surface area contributed by atoms with E-state index in [1.165, 1.54) is 18.7 Å². The molecule has 0 saturated carbocycles. The molecule has 0 radical (unpaired) electrons. The molecule has 1 aromatic heterocycles. The lowest BCUT2D eigenvalue weighted by Gasteiger charge is -2.18. The van der Waals surface area contributed by atoms with Crippen molar-refractivity contribution in [3.8, 4) is 11.5 Å². The van der Waals surface area contributed by atoms with Gasteiger partial charge in [-0.05, 0) is 54.8 Å². The highest BCUT2D eigenvalue weighted by atomic mass is 32.2. The first-order valence-corrected chi connectivity index (χ1v) is 12.4. The number of aromatic nitrogens is 2. The van der Waals surface area contributed by atoms with Crippen LogP contribution in [0.2, 0.25) is 0 Å². The number of carbonyl (C=O) groups is 1. The Morgan fingerprint density at radius 3 is 2.41 bits per heavy atom. The molecule has 2 N–H and O–H groups in total. The molecule has 2 aromatic carbocycles. The Hall–Kier alpha value is -2.69. The molecule has 0 aliphatic rings. The lowest BCUT2D eigenvalue weighted by molar-refractivity contribution is -0.113. The number of aryl methyl sites for hydroxylation is 1. The Kier molecular flexibility index (Phi) is 7.06. The van der Waals surface area contributed by atoms with Crippen molar-refractivity contribution in [2.45, 2.75) is 43.2 Å². The van der Waals surface area contributed by atoms with Crippen LogP contribution >= 0.6 is 11.8 Å². The minimum absolute atomic E-state index is 0.0343. The Bertz CT molecular complexity index is 1210. The Labute approximate surface area is 192 Å². The third-order valence-electron chi connectivity index (χ3n) is 4.76. The molecule has 170 valence electrons. The lowest BCUT2D eigenvalue weighted by atomic mass is 9.87. The first-order chi connectivity index (χ1) is 15.0. The highest BCUT2D eigenvalue weighted by molar-refractivity contribution is 7.99. The van der Waals surface area contributed by atoms with Crippen LogP contribution in [0.25, 0.3) is 11.5 Å². The van der Waals surface area contributed by atoms with Crippen molar-refractivity contribution < 1.29 is 17.6 Å². The summed E-state index contributed by atoms with van der Waals surface area (Å²) >= 11 is 1.11. The zero-order valence-corrected chi connectivity index (χ0v) is 20.2. The molecule has 0 spiro atoms. The van der Waals surface area contributed by atoms with Crippen LogP contribution in [0.4, 0.5) is 5.69 Å². The van der Waals surface area contributed by atoms with Crippen LogP contribution in [0.3, 0.4) is 0 Å². The quantitative estimate of drug-likeness (QED) is 0.498. The van der Waals surface area contributed by atoms with Crippen LogP contribution < -0.4 is 10.0 Å². The van der Waals surface area contributed by atoms with Gasteiger partial charge in [-0.3, -0.25) is 4.79 Å². The number of amides is 1. The normalized spacial score (nSPS) is 12.0. The topological polar surface area (TPSA) is 114 Å². The van der Waals surface area contributed by atoms with Crippen LogP contribution in [0.1, 0.15) is 31.9 Å². The van der Waals surface area contributed by atoms with Crippen LogP contribution in [0, 0.1) is 6.92 Å². The van der Waals surface area contributed by atoms with E-state index in [1.807, 2.05) is 24.3 Å². The summed E-state index contributed by atoms with van der Waals surface area (Å²) < 4.78 is 32.1. The summed E-state index contributed by atoms with van der Waals surface area (Å²) in [4.78, 5) is 12.4. The molecule has 8 nitrogen and oxygen atoms in total. The van der Waals surface area contributed by atoms with Crippen molar-refractivity contribution in [1.82, 2.24) is 14.9 Å². The van der Waals surface area contributed by atoms with Crippen molar-refractivity contribution in [2.24, 2.45) is 0 Å². The third-order valence-corrected chi connectivity index (χ3v) is 7.14. The van der Waals surface area contributed by atoms with Gasteiger partial charge in [0, 0.05) is 11.3 Å². The van der Waals surface area contributed by atoms with Crippen molar-refractivity contribution >= 4 is 33.4 Å². The van der Waals surface area contributed by atoms with Crippen molar-refractivity contribution in [3.05, 3.63) is 53.6 Å². The number of hydrogen-bond donors (Lipinski definition) is 2. The smallest absolute Gasteiger partial charge is 0.277 e. The summed E-state index contributed by atoms with van der Waals surface area (Å²) in [6.45, 7) is 8.12. The SMILES string of the molecule is CNS(=O)(=O)c1cc(NC(=O)CSc2nnc(-c3ccc(C(C)(C)C)cc3)o2)ccc1C. The maximum Gasteiger partial charge on any atom is 0.277 e. The Morgan fingerprint density at radius 2 is 1.78 bits per heavy atom. The Morgan fingerprint density at radius 1 is 1.09 bits per heavy atom. The maximum atomic E-state index is 12.3. The summed E-state index contributed by atoms with van der Waals surface area (Å²) in [5.41, 5.74) is 3.03. The molecule has 3 rings (SSSR count). The van der Waals surface area contributed by atoms with Gasteiger partial charge in [0.1, 0.15) is 0 Å². The molecule has 0 bridgehead atoms. The average molecular weight is 475 g/mol. The number of anilines is 1. The largest absolute Gasteiger partial charge is 0.411 e. The van der Waals surface area contributed by atoms with Gasteiger partial charge in [-0.15, -0.1) is 10.2 Å². The van der Waals surface area contributed by atoms with E-state index in [0.717, 1.165) is 17.3 Å². The van der Waals surface area contributed by atoms with Gasteiger partial charge >= 0.3 is 0 Å².